The number of benzene rings is 2. The molecule has 0 saturated carbocycles. The van der Waals surface area contributed by atoms with Gasteiger partial charge >= 0.3 is 6.18 Å². The number of hydrogen-bond donors (Lipinski definition) is 0. The van der Waals surface area contributed by atoms with Crippen LogP contribution in [0.5, 0.6) is 0 Å². The molecule has 140 valence electrons. The number of halogens is 3. The van der Waals surface area contributed by atoms with Gasteiger partial charge in [-0.05, 0) is 64.6 Å². The van der Waals surface area contributed by atoms with Crippen molar-refractivity contribution in [2.75, 3.05) is 19.6 Å². The molecule has 5 heteroatoms. The minimum atomic E-state index is -4.29. The first kappa shape index (κ1) is 18.3. The Hall–Kier alpha value is -2.11. The zero-order chi connectivity index (χ0) is 18.9. The molecule has 0 atom stereocenters. The lowest BCUT2D eigenvalue weighted by Crippen LogP contribution is -2.30. The molecule has 0 aliphatic carbocycles. The Bertz CT molecular complexity index is 971. The second kappa shape index (κ2) is 7.49. The fourth-order valence-electron chi connectivity index (χ4n) is 3.51. The van der Waals surface area contributed by atoms with Gasteiger partial charge in [-0.25, -0.2) is 0 Å². The van der Waals surface area contributed by atoms with Crippen LogP contribution in [0.4, 0.5) is 13.2 Å². The van der Waals surface area contributed by atoms with Gasteiger partial charge in [0.15, 0.2) is 0 Å². The first-order chi connectivity index (χ1) is 13.0. The molecule has 2 aromatic carbocycles. The van der Waals surface area contributed by atoms with Crippen molar-refractivity contribution < 1.29 is 13.2 Å². The van der Waals surface area contributed by atoms with Crippen molar-refractivity contribution in [2.45, 2.75) is 19.0 Å². The van der Waals surface area contributed by atoms with E-state index in [2.05, 4.69) is 40.6 Å². The third kappa shape index (κ3) is 4.25. The van der Waals surface area contributed by atoms with Crippen LogP contribution in [0.15, 0.2) is 60.0 Å². The summed E-state index contributed by atoms with van der Waals surface area (Å²) in [5.41, 5.74) is 2.45. The molecule has 1 aliphatic rings. The second-order valence-corrected chi connectivity index (χ2v) is 7.85. The SMILES string of the molecule is FC(F)(F)c1cccc(C2=CCN(CCc3ccc4ccsc4c3)CC2)c1. The predicted octanol–water partition coefficient (Wildman–Crippen LogP) is 6.25. The summed E-state index contributed by atoms with van der Waals surface area (Å²) in [5, 5.41) is 3.40. The standard InChI is InChI=1S/C22H20F3NS/c23-22(24,25)20-3-1-2-19(15-20)17-7-11-26(12-8-17)10-6-16-4-5-18-9-13-27-21(18)14-16/h1-5,7,9,13-15H,6,8,10-12H2. The van der Waals surface area contributed by atoms with Crippen molar-refractivity contribution in [1.82, 2.24) is 4.90 Å². The average Bonchev–Trinajstić information content (AvgIpc) is 3.14. The van der Waals surface area contributed by atoms with Crippen molar-refractivity contribution in [3.05, 3.63) is 76.7 Å². The molecule has 1 aromatic heterocycles. The summed E-state index contributed by atoms with van der Waals surface area (Å²) in [7, 11) is 0. The Morgan fingerprint density at radius 3 is 2.70 bits per heavy atom. The van der Waals surface area contributed by atoms with Crippen molar-refractivity contribution in [3.8, 4) is 0 Å². The first-order valence-corrected chi connectivity index (χ1v) is 9.92. The molecule has 27 heavy (non-hydrogen) atoms. The Morgan fingerprint density at radius 2 is 1.93 bits per heavy atom. The van der Waals surface area contributed by atoms with E-state index in [1.165, 1.54) is 27.8 Å². The van der Waals surface area contributed by atoms with Crippen LogP contribution in [-0.2, 0) is 12.6 Å². The van der Waals surface area contributed by atoms with E-state index in [0.29, 0.717) is 5.56 Å². The summed E-state index contributed by atoms with van der Waals surface area (Å²) in [6, 6.07) is 14.4. The molecular weight excluding hydrogens is 367 g/mol. The fourth-order valence-corrected chi connectivity index (χ4v) is 4.37. The third-order valence-electron chi connectivity index (χ3n) is 5.09. The summed E-state index contributed by atoms with van der Waals surface area (Å²) in [6.45, 7) is 2.62. The van der Waals surface area contributed by atoms with Crippen molar-refractivity contribution in [2.24, 2.45) is 0 Å². The zero-order valence-corrected chi connectivity index (χ0v) is 15.6. The largest absolute Gasteiger partial charge is 0.416 e. The van der Waals surface area contributed by atoms with E-state index >= 15 is 0 Å². The molecule has 1 nitrogen and oxygen atoms in total. The Labute approximate surface area is 160 Å². The summed E-state index contributed by atoms with van der Waals surface area (Å²) in [6.07, 6.45) is -0.450. The minimum absolute atomic E-state index is 0.577. The van der Waals surface area contributed by atoms with Crippen LogP contribution in [0.3, 0.4) is 0 Å². The van der Waals surface area contributed by atoms with Crippen molar-refractivity contribution in [1.29, 1.82) is 0 Å². The molecule has 0 N–H and O–H groups in total. The minimum Gasteiger partial charge on any atom is -0.299 e. The number of thiophene rings is 1. The molecule has 0 fully saturated rings. The summed E-state index contributed by atoms with van der Waals surface area (Å²) >= 11 is 1.76. The highest BCUT2D eigenvalue weighted by Gasteiger charge is 2.30. The van der Waals surface area contributed by atoms with Crippen LogP contribution >= 0.6 is 11.3 Å². The Morgan fingerprint density at radius 1 is 1.04 bits per heavy atom. The van der Waals surface area contributed by atoms with Crippen LogP contribution in [0.25, 0.3) is 15.7 Å². The number of fused-ring (bicyclic) bond motifs is 1. The fraction of sp³-hybridized carbons (Fsp3) is 0.273. The van der Waals surface area contributed by atoms with Gasteiger partial charge in [0.25, 0.3) is 0 Å². The van der Waals surface area contributed by atoms with Crippen LogP contribution < -0.4 is 0 Å². The number of nitrogens with zero attached hydrogens (tertiary/aromatic N) is 1. The summed E-state index contributed by atoms with van der Waals surface area (Å²) in [4.78, 5) is 2.36. The third-order valence-corrected chi connectivity index (χ3v) is 5.97. The predicted molar refractivity (Wildman–Crippen MR) is 106 cm³/mol. The van der Waals surface area contributed by atoms with E-state index in [-0.39, 0.29) is 0 Å². The highest BCUT2D eigenvalue weighted by Crippen LogP contribution is 2.32. The Kier molecular flexibility index (Phi) is 5.06. The van der Waals surface area contributed by atoms with Gasteiger partial charge in [-0.1, -0.05) is 30.3 Å². The maximum absolute atomic E-state index is 12.9. The number of hydrogen-bond acceptors (Lipinski definition) is 2. The van der Waals surface area contributed by atoms with Gasteiger partial charge in [-0.2, -0.15) is 13.2 Å². The Balaban J connectivity index is 1.38. The molecule has 0 spiro atoms. The molecule has 0 saturated heterocycles. The van der Waals surface area contributed by atoms with E-state index in [1.54, 1.807) is 17.4 Å². The molecule has 0 radical (unpaired) electrons. The average molecular weight is 387 g/mol. The molecule has 0 bridgehead atoms. The van der Waals surface area contributed by atoms with Gasteiger partial charge < -0.3 is 0 Å². The van der Waals surface area contributed by atoms with Gasteiger partial charge in [0.05, 0.1) is 5.56 Å². The van der Waals surface area contributed by atoms with Crippen LogP contribution in [0.1, 0.15) is 23.1 Å². The van der Waals surface area contributed by atoms with Gasteiger partial charge in [-0.3, -0.25) is 4.90 Å². The lowest BCUT2D eigenvalue weighted by Gasteiger charge is -2.26. The topological polar surface area (TPSA) is 3.24 Å². The van der Waals surface area contributed by atoms with E-state index < -0.39 is 11.7 Å². The maximum Gasteiger partial charge on any atom is 0.416 e. The molecule has 4 rings (SSSR count). The summed E-state index contributed by atoms with van der Waals surface area (Å²) in [5.74, 6) is 0. The van der Waals surface area contributed by atoms with Crippen LogP contribution in [0, 0.1) is 0 Å². The highest BCUT2D eigenvalue weighted by molar-refractivity contribution is 7.17. The normalized spacial score (nSPS) is 15.9. The van der Waals surface area contributed by atoms with Gasteiger partial charge in [0.1, 0.15) is 0 Å². The molecule has 3 aromatic rings. The van der Waals surface area contributed by atoms with Gasteiger partial charge in [0.2, 0.25) is 0 Å². The first-order valence-electron chi connectivity index (χ1n) is 9.04. The monoisotopic (exact) mass is 387 g/mol. The molecule has 2 heterocycles. The lowest BCUT2D eigenvalue weighted by molar-refractivity contribution is -0.137. The molecule has 0 amide bonds. The number of alkyl halides is 3. The van der Waals surface area contributed by atoms with E-state index in [4.69, 9.17) is 0 Å². The maximum atomic E-state index is 12.9. The highest BCUT2D eigenvalue weighted by atomic mass is 32.1. The van der Waals surface area contributed by atoms with E-state index in [0.717, 1.165) is 44.1 Å². The van der Waals surface area contributed by atoms with Crippen LogP contribution in [0.2, 0.25) is 0 Å². The molecule has 1 aliphatic heterocycles. The van der Waals surface area contributed by atoms with Crippen LogP contribution in [-0.4, -0.2) is 24.5 Å². The van der Waals surface area contributed by atoms with E-state index in [1.807, 2.05) is 0 Å². The zero-order valence-electron chi connectivity index (χ0n) is 14.8. The van der Waals surface area contributed by atoms with Crippen molar-refractivity contribution >= 4 is 27.0 Å². The van der Waals surface area contributed by atoms with Gasteiger partial charge in [0, 0.05) is 24.3 Å². The number of rotatable bonds is 4. The molecular formula is C22H20F3NS. The lowest BCUT2D eigenvalue weighted by atomic mass is 9.97. The quantitative estimate of drug-likeness (QED) is 0.511. The second-order valence-electron chi connectivity index (χ2n) is 6.90. The smallest absolute Gasteiger partial charge is 0.299 e. The molecule has 0 unspecified atom stereocenters. The summed E-state index contributed by atoms with van der Waals surface area (Å²) < 4.78 is 40.0. The van der Waals surface area contributed by atoms with E-state index in [9.17, 15) is 13.2 Å². The van der Waals surface area contributed by atoms with Gasteiger partial charge in [-0.15, -0.1) is 11.3 Å². The van der Waals surface area contributed by atoms with Crippen molar-refractivity contribution in [3.63, 3.8) is 0 Å².